The number of hydrogen-bond acceptors (Lipinski definition) is 1. The summed E-state index contributed by atoms with van der Waals surface area (Å²) in [6, 6.07) is 10.4. The molecule has 0 saturated carbocycles. The maximum atomic E-state index is 14.1. The molecule has 140 valence electrons. The van der Waals surface area contributed by atoms with Crippen molar-refractivity contribution in [3.63, 3.8) is 0 Å². The Morgan fingerprint density at radius 1 is 1.11 bits per heavy atom. The van der Waals surface area contributed by atoms with Gasteiger partial charge in [-0.2, -0.15) is 0 Å². The molecule has 27 heavy (non-hydrogen) atoms. The Hall–Kier alpha value is -2.68. The molecule has 0 fully saturated rings. The van der Waals surface area contributed by atoms with Crippen LogP contribution in [0, 0.1) is 5.82 Å². The molecule has 2 nitrogen and oxygen atoms in total. The highest BCUT2D eigenvalue weighted by molar-refractivity contribution is 5.89. The number of rotatable bonds is 3. The van der Waals surface area contributed by atoms with Crippen LogP contribution in [-0.4, -0.2) is 11.1 Å². The second-order valence-corrected chi connectivity index (χ2v) is 7.94. The Morgan fingerprint density at radius 2 is 1.70 bits per heavy atom. The van der Waals surface area contributed by atoms with E-state index in [9.17, 15) is 9.18 Å². The van der Waals surface area contributed by atoms with E-state index in [1.165, 1.54) is 34.4 Å². The van der Waals surface area contributed by atoms with Gasteiger partial charge in [-0.15, -0.1) is 0 Å². The van der Waals surface area contributed by atoms with Crippen molar-refractivity contribution in [2.75, 3.05) is 0 Å². The Morgan fingerprint density at radius 3 is 2.30 bits per heavy atom. The predicted molar refractivity (Wildman–Crippen MR) is 108 cm³/mol. The van der Waals surface area contributed by atoms with Gasteiger partial charge < -0.3 is 5.11 Å². The fraction of sp³-hybridized carbons (Fsp3) is 0.292. The largest absolute Gasteiger partial charge is 0.478 e. The first-order chi connectivity index (χ1) is 12.6. The summed E-state index contributed by atoms with van der Waals surface area (Å²) < 4.78 is 14.1. The molecule has 2 aromatic carbocycles. The van der Waals surface area contributed by atoms with Crippen molar-refractivity contribution in [3.8, 4) is 0 Å². The molecule has 1 N–H and O–H groups in total. The Bertz CT molecular complexity index is 995. The lowest BCUT2D eigenvalue weighted by Crippen LogP contribution is -2.28. The second kappa shape index (κ2) is 6.49. The van der Waals surface area contributed by atoms with Crippen LogP contribution in [0.25, 0.3) is 5.57 Å². The number of carbonyl (C=O) groups is 1. The number of carboxylic acid groups (broad SMARTS) is 1. The smallest absolute Gasteiger partial charge is 0.338 e. The minimum atomic E-state index is -1.27. The van der Waals surface area contributed by atoms with E-state index < -0.39 is 11.8 Å². The number of fused-ring (bicyclic) bond motifs is 1. The summed E-state index contributed by atoms with van der Waals surface area (Å²) >= 11 is 0. The van der Waals surface area contributed by atoms with Gasteiger partial charge in [-0.25, -0.2) is 9.18 Å². The van der Waals surface area contributed by atoms with Crippen LogP contribution >= 0.6 is 0 Å². The number of hydrogen-bond donors (Lipinski definition) is 1. The number of aromatic carboxylic acids is 1. The van der Waals surface area contributed by atoms with Crippen LogP contribution in [0.15, 0.2) is 54.1 Å². The van der Waals surface area contributed by atoms with Gasteiger partial charge in [0.25, 0.3) is 0 Å². The Balaban J connectivity index is 2.07. The Kier molecular flexibility index (Phi) is 4.59. The fourth-order valence-corrected chi connectivity index (χ4v) is 3.96. The first-order valence-corrected chi connectivity index (χ1v) is 9.10. The average molecular weight is 364 g/mol. The van der Waals surface area contributed by atoms with Crippen LogP contribution in [0.1, 0.15) is 73.1 Å². The molecular formula is C24H25FO2. The molecule has 3 rings (SSSR count). The zero-order chi connectivity index (χ0) is 20.1. The third-order valence-corrected chi connectivity index (χ3v) is 6.27. The van der Waals surface area contributed by atoms with Crippen molar-refractivity contribution in [2.24, 2.45) is 0 Å². The van der Waals surface area contributed by atoms with Crippen molar-refractivity contribution in [3.05, 3.63) is 87.8 Å². The number of allylic oxidation sites excluding steroid dienone is 2. The SMILES string of the molecule is C=C(c1ccc(C(=O)O)c(F)c1)c1ccc2c(c1)C(C)(C)C(C)=C(C)C2C. The van der Waals surface area contributed by atoms with Crippen molar-refractivity contribution in [2.45, 2.75) is 46.0 Å². The van der Waals surface area contributed by atoms with E-state index in [0.717, 1.165) is 5.56 Å². The van der Waals surface area contributed by atoms with Gasteiger partial charge in [-0.05, 0) is 59.9 Å². The second-order valence-electron chi connectivity index (χ2n) is 7.94. The highest BCUT2D eigenvalue weighted by atomic mass is 19.1. The quantitative estimate of drug-likeness (QED) is 0.647. The first-order valence-electron chi connectivity index (χ1n) is 9.10. The zero-order valence-electron chi connectivity index (χ0n) is 16.5. The number of carboxylic acids is 1. The van der Waals surface area contributed by atoms with E-state index in [0.29, 0.717) is 17.1 Å². The molecule has 1 unspecified atom stereocenters. The molecule has 1 aliphatic carbocycles. The van der Waals surface area contributed by atoms with E-state index in [-0.39, 0.29) is 11.0 Å². The predicted octanol–water partition coefficient (Wildman–Crippen LogP) is 6.32. The van der Waals surface area contributed by atoms with Crippen LogP contribution < -0.4 is 0 Å². The molecule has 0 saturated heterocycles. The summed E-state index contributed by atoms with van der Waals surface area (Å²) in [5.41, 5.74) is 7.13. The molecule has 0 aliphatic heterocycles. The lowest BCUT2D eigenvalue weighted by molar-refractivity contribution is 0.0692. The molecule has 0 amide bonds. The lowest BCUT2D eigenvalue weighted by atomic mass is 9.66. The molecule has 0 spiro atoms. The Labute approximate surface area is 160 Å². The van der Waals surface area contributed by atoms with Gasteiger partial charge in [0.15, 0.2) is 0 Å². The van der Waals surface area contributed by atoms with Gasteiger partial charge in [0.1, 0.15) is 5.82 Å². The van der Waals surface area contributed by atoms with Gasteiger partial charge in [0, 0.05) is 11.3 Å². The van der Waals surface area contributed by atoms with Crippen LogP contribution in [0.4, 0.5) is 4.39 Å². The molecular weight excluding hydrogens is 339 g/mol. The zero-order valence-corrected chi connectivity index (χ0v) is 16.5. The fourth-order valence-electron chi connectivity index (χ4n) is 3.96. The van der Waals surface area contributed by atoms with Gasteiger partial charge in [0.2, 0.25) is 0 Å². The van der Waals surface area contributed by atoms with Crippen LogP contribution in [0.5, 0.6) is 0 Å². The maximum absolute atomic E-state index is 14.1. The van der Waals surface area contributed by atoms with E-state index in [4.69, 9.17) is 5.11 Å². The summed E-state index contributed by atoms with van der Waals surface area (Å²) in [6.45, 7) is 15.2. The highest BCUT2D eigenvalue weighted by Crippen LogP contribution is 2.46. The molecule has 1 aliphatic rings. The minimum absolute atomic E-state index is 0.0827. The van der Waals surface area contributed by atoms with E-state index in [1.807, 2.05) is 6.07 Å². The molecule has 0 aromatic heterocycles. The summed E-state index contributed by atoms with van der Waals surface area (Å²) in [5.74, 6) is -1.66. The summed E-state index contributed by atoms with van der Waals surface area (Å²) in [4.78, 5) is 11.0. The first kappa shape index (κ1) is 19.1. The monoisotopic (exact) mass is 364 g/mol. The van der Waals surface area contributed by atoms with Crippen molar-refractivity contribution in [1.82, 2.24) is 0 Å². The third kappa shape index (κ3) is 3.01. The van der Waals surface area contributed by atoms with Gasteiger partial charge in [-0.3, -0.25) is 0 Å². The van der Waals surface area contributed by atoms with Crippen LogP contribution in [0.3, 0.4) is 0 Å². The minimum Gasteiger partial charge on any atom is -0.478 e. The molecule has 3 heteroatoms. The molecule has 0 radical (unpaired) electrons. The van der Waals surface area contributed by atoms with Gasteiger partial charge >= 0.3 is 5.97 Å². The van der Waals surface area contributed by atoms with Crippen LogP contribution in [0.2, 0.25) is 0 Å². The van der Waals surface area contributed by atoms with Crippen molar-refractivity contribution < 1.29 is 14.3 Å². The summed E-state index contributed by atoms with van der Waals surface area (Å²) in [5, 5.41) is 9.01. The summed E-state index contributed by atoms with van der Waals surface area (Å²) in [6.07, 6.45) is 0. The normalized spacial score (nSPS) is 18.2. The number of halogens is 1. The average Bonchev–Trinajstić information content (AvgIpc) is 2.63. The molecule has 1 atom stereocenters. The van der Waals surface area contributed by atoms with E-state index in [1.54, 1.807) is 6.07 Å². The highest BCUT2D eigenvalue weighted by Gasteiger charge is 2.34. The van der Waals surface area contributed by atoms with Crippen molar-refractivity contribution in [1.29, 1.82) is 0 Å². The van der Waals surface area contributed by atoms with Crippen LogP contribution in [-0.2, 0) is 5.41 Å². The van der Waals surface area contributed by atoms with Gasteiger partial charge in [-0.1, -0.05) is 56.7 Å². The standard InChI is InChI=1S/C24H25FO2/c1-13-14(2)19-9-7-17(11-21(19)24(5,6)16(13)4)15(3)18-8-10-20(23(26)27)22(25)12-18/h7-12,14H,3H2,1-2,4-6H3,(H,26,27). The molecule has 2 aromatic rings. The third-order valence-electron chi connectivity index (χ3n) is 6.27. The molecule has 0 heterocycles. The van der Waals surface area contributed by atoms with E-state index in [2.05, 4.69) is 53.3 Å². The van der Waals surface area contributed by atoms with Gasteiger partial charge in [0.05, 0.1) is 5.56 Å². The maximum Gasteiger partial charge on any atom is 0.338 e. The lowest BCUT2D eigenvalue weighted by Gasteiger charge is -2.39. The number of benzene rings is 2. The van der Waals surface area contributed by atoms with Crippen molar-refractivity contribution >= 4 is 11.5 Å². The summed E-state index contributed by atoms with van der Waals surface area (Å²) in [7, 11) is 0. The topological polar surface area (TPSA) is 37.3 Å². The van der Waals surface area contributed by atoms with E-state index >= 15 is 0 Å². The molecule has 0 bridgehead atoms.